The number of rotatable bonds is 2. The van der Waals surface area contributed by atoms with E-state index < -0.39 is 0 Å². The number of hydrogen-bond acceptors (Lipinski definition) is 2. The molecule has 0 aromatic carbocycles. The zero-order valence-corrected chi connectivity index (χ0v) is 8.53. The first kappa shape index (κ1) is 9.71. The molecular weight excluding hydrogens is 190 g/mol. The highest BCUT2D eigenvalue weighted by Gasteiger charge is 2.11. The van der Waals surface area contributed by atoms with Crippen molar-refractivity contribution in [3.63, 3.8) is 0 Å². The quantitative estimate of drug-likeness (QED) is 0.770. The van der Waals surface area contributed by atoms with Crippen LogP contribution in [0.4, 0.5) is 5.95 Å². The predicted molar refractivity (Wildman–Crippen MR) is 58.2 cm³/mol. The van der Waals surface area contributed by atoms with Gasteiger partial charge in [-0.15, -0.1) is 0 Å². The lowest BCUT2D eigenvalue weighted by Gasteiger charge is -2.10. The van der Waals surface area contributed by atoms with E-state index in [0.717, 1.165) is 6.42 Å². The molecule has 0 radical (unpaired) electrons. The van der Waals surface area contributed by atoms with Gasteiger partial charge in [0, 0.05) is 18.0 Å². The van der Waals surface area contributed by atoms with Crippen LogP contribution >= 0.6 is 0 Å². The fourth-order valence-electron chi connectivity index (χ4n) is 1.41. The van der Waals surface area contributed by atoms with Crippen molar-refractivity contribution < 1.29 is 4.79 Å². The Balaban J connectivity index is 2.01. The van der Waals surface area contributed by atoms with Crippen LogP contribution in [0.3, 0.4) is 0 Å². The summed E-state index contributed by atoms with van der Waals surface area (Å²) >= 11 is 0. The summed E-state index contributed by atoms with van der Waals surface area (Å²) in [5, 5.41) is 2.68. The van der Waals surface area contributed by atoms with E-state index in [1.165, 1.54) is 0 Å². The van der Waals surface area contributed by atoms with Gasteiger partial charge >= 0.3 is 0 Å². The molecular formula is C11H13N3O. The number of amides is 1. The molecule has 0 saturated carbocycles. The van der Waals surface area contributed by atoms with Crippen LogP contribution in [-0.2, 0) is 4.79 Å². The number of allylic oxidation sites excluding steroid dienone is 2. The van der Waals surface area contributed by atoms with E-state index in [4.69, 9.17) is 0 Å². The van der Waals surface area contributed by atoms with Crippen LogP contribution in [-0.4, -0.2) is 15.9 Å². The van der Waals surface area contributed by atoms with E-state index in [-0.39, 0.29) is 5.91 Å². The minimum absolute atomic E-state index is 0.117. The summed E-state index contributed by atoms with van der Waals surface area (Å²) in [5.74, 6) is 0.881. The molecule has 1 heterocycles. The van der Waals surface area contributed by atoms with E-state index in [9.17, 15) is 4.79 Å². The van der Waals surface area contributed by atoms with Gasteiger partial charge in [-0.25, -0.2) is 4.98 Å². The maximum absolute atomic E-state index is 11.7. The number of anilines is 1. The van der Waals surface area contributed by atoms with Crippen molar-refractivity contribution in [2.75, 3.05) is 5.32 Å². The highest BCUT2D eigenvalue weighted by molar-refractivity contribution is 6.04. The van der Waals surface area contributed by atoms with Crippen LogP contribution in [0.5, 0.6) is 0 Å². The number of carbonyl (C=O) groups excluding carboxylic acids is 1. The smallest absolute Gasteiger partial charge is 0.257 e. The Morgan fingerprint density at radius 1 is 1.67 bits per heavy atom. The van der Waals surface area contributed by atoms with Crippen LogP contribution < -0.4 is 5.32 Å². The molecule has 15 heavy (non-hydrogen) atoms. The lowest BCUT2D eigenvalue weighted by Crippen LogP contribution is -2.15. The average molecular weight is 203 g/mol. The molecule has 1 aromatic rings. The van der Waals surface area contributed by atoms with Gasteiger partial charge in [-0.3, -0.25) is 10.1 Å². The molecule has 0 saturated heterocycles. The third-order valence-corrected chi connectivity index (χ3v) is 2.31. The van der Waals surface area contributed by atoms with Crippen molar-refractivity contribution in [3.8, 4) is 0 Å². The Labute approximate surface area is 88.1 Å². The number of H-pyrrole nitrogens is 1. The van der Waals surface area contributed by atoms with Gasteiger partial charge in [-0.2, -0.15) is 0 Å². The lowest BCUT2D eigenvalue weighted by atomic mass is 9.98. The molecule has 4 heteroatoms. The molecule has 0 spiro atoms. The Hall–Kier alpha value is -1.84. The summed E-state index contributed by atoms with van der Waals surface area (Å²) in [6.07, 6.45) is 10.0. The monoisotopic (exact) mass is 203 g/mol. The topological polar surface area (TPSA) is 57.8 Å². The number of carbonyl (C=O) groups is 1. The SMILES string of the molecule is CC1C=CC(C(=O)Nc2ncc[nH]2)=CC1. The number of imidazole rings is 1. The van der Waals surface area contributed by atoms with E-state index >= 15 is 0 Å². The third-order valence-electron chi connectivity index (χ3n) is 2.31. The van der Waals surface area contributed by atoms with E-state index in [1.54, 1.807) is 12.4 Å². The molecule has 1 aliphatic carbocycles. The minimum atomic E-state index is -0.117. The summed E-state index contributed by atoms with van der Waals surface area (Å²) < 4.78 is 0. The zero-order valence-electron chi connectivity index (χ0n) is 8.53. The number of nitrogens with one attached hydrogen (secondary N) is 2. The molecule has 1 aliphatic rings. The Kier molecular flexibility index (Phi) is 2.67. The summed E-state index contributed by atoms with van der Waals surface area (Å²) in [4.78, 5) is 18.4. The maximum Gasteiger partial charge on any atom is 0.257 e. The van der Waals surface area contributed by atoms with Crippen molar-refractivity contribution in [3.05, 3.63) is 36.2 Å². The van der Waals surface area contributed by atoms with Crippen LogP contribution in [0.2, 0.25) is 0 Å². The first-order valence-corrected chi connectivity index (χ1v) is 4.95. The highest BCUT2D eigenvalue weighted by atomic mass is 16.1. The average Bonchev–Trinajstić information content (AvgIpc) is 2.71. The van der Waals surface area contributed by atoms with Gasteiger partial charge in [-0.1, -0.05) is 25.2 Å². The predicted octanol–water partition coefficient (Wildman–Crippen LogP) is 1.87. The van der Waals surface area contributed by atoms with E-state index in [1.807, 2.05) is 18.2 Å². The van der Waals surface area contributed by atoms with E-state index in [2.05, 4.69) is 22.2 Å². The van der Waals surface area contributed by atoms with Crippen molar-refractivity contribution >= 4 is 11.9 Å². The maximum atomic E-state index is 11.7. The van der Waals surface area contributed by atoms with Crippen LogP contribution in [0.15, 0.2) is 36.2 Å². The molecule has 0 bridgehead atoms. The fraction of sp³-hybridized carbons (Fsp3) is 0.273. The zero-order chi connectivity index (χ0) is 10.7. The van der Waals surface area contributed by atoms with Gasteiger partial charge in [-0.05, 0) is 12.3 Å². The Morgan fingerprint density at radius 2 is 2.53 bits per heavy atom. The summed E-state index contributed by atoms with van der Waals surface area (Å²) in [7, 11) is 0. The molecule has 4 nitrogen and oxygen atoms in total. The summed E-state index contributed by atoms with van der Waals surface area (Å²) in [5.41, 5.74) is 0.699. The van der Waals surface area contributed by atoms with Gasteiger partial charge in [0.2, 0.25) is 5.95 Å². The van der Waals surface area contributed by atoms with Crippen molar-refractivity contribution in [1.29, 1.82) is 0 Å². The van der Waals surface area contributed by atoms with Gasteiger partial charge < -0.3 is 4.98 Å². The number of aromatic nitrogens is 2. The second-order valence-corrected chi connectivity index (χ2v) is 3.62. The second kappa shape index (κ2) is 4.13. The largest absolute Gasteiger partial charge is 0.331 e. The summed E-state index contributed by atoms with van der Waals surface area (Å²) in [6, 6.07) is 0. The second-order valence-electron chi connectivity index (χ2n) is 3.62. The molecule has 1 atom stereocenters. The molecule has 78 valence electrons. The number of nitrogens with zero attached hydrogens (tertiary/aromatic N) is 1. The first-order chi connectivity index (χ1) is 7.25. The molecule has 1 amide bonds. The highest BCUT2D eigenvalue weighted by Crippen LogP contribution is 2.16. The lowest BCUT2D eigenvalue weighted by molar-refractivity contribution is -0.112. The van der Waals surface area contributed by atoms with Crippen molar-refractivity contribution in [1.82, 2.24) is 9.97 Å². The van der Waals surface area contributed by atoms with Crippen LogP contribution in [0.1, 0.15) is 13.3 Å². The number of aromatic amines is 1. The first-order valence-electron chi connectivity index (χ1n) is 4.95. The molecule has 1 unspecified atom stereocenters. The molecule has 2 rings (SSSR count). The van der Waals surface area contributed by atoms with Crippen LogP contribution in [0, 0.1) is 5.92 Å². The van der Waals surface area contributed by atoms with Gasteiger partial charge in [0.05, 0.1) is 0 Å². The molecule has 0 fully saturated rings. The third kappa shape index (κ3) is 2.34. The number of hydrogen-bond donors (Lipinski definition) is 2. The fourth-order valence-corrected chi connectivity index (χ4v) is 1.41. The minimum Gasteiger partial charge on any atom is -0.331 e. The Morgan fingerprint density at radius 3 is 3.13 bits per heavy atom. The normalized spacial score (nSPS) is 19.8. The van der Waals surface area contributed by atoms with Gasteiger partial charge in [0.25, 0.3) is 5.91 Å². The molecule has 2 N–H and O–H groups in total. The van der Waals surface area contributed by atoms with Crippen molar-refractivity contribution in [2.45, 2.75) is 13.3 Å². The molecule has 0 aliphatic heterocycles. The van der Waals surface area contributed by atoms with E-state index in [0.29, 0.717) is 17.4 Å². The summed E-state index contributed by atoms with van der Waals surface area (Å²) in [6.45, 7) is 2.12. The van der Waals surface area contributed by atoms with Gasteiger partial charge in [0.15, 0.2) is 0 Å². The van der Waals surface area contributed by atoms with Gasteiger partial charge in [0.1, 0.15) is 0 Å². The standard InChI is InChI=1S/C11H13N3O/c1-8-2-4-9(5-3-8)10(15)14-11-12-6-7-13-11/h2,4-8H,3H2,1H3,(H2,12,13,14,15). The van der Waals surface area contributed by atoms with Crippen LogP contribution in [0.25, 0.3) is 0 Å². The molecule has 1 aromatic heterocycles. The Bertz CT molecular complexity index is 403. The van der Waals surface area contributed by atoms with Crippen molar-refractivity contribution in [2.24, 2.45) is 5.92 Å².